The second-order valence-electron chi connectivity index (χ2n) is 4.02. The summed E-state index contributed by atoms with van der Waals surface area (Å²) in [5, 5.41) is 9.45. The number of nitrogens with zero attached hydrogens (tertiary/aromatic N) is 3. The van der Waals surface area contributed by atoms with Gasteiger partial charge in [0.05, 0.1) is 0 Å². The molecule has 0 spiro atoms. The monoisotopic (exact) mass is 267 g/mol. The minimum Gasteiger partial charge on any atom is -0.371 e. The Bertz CT molecular complexity index is 567. The molecule has 0 amide bonds. The lowest BCUT2D eigenvalue weighted by Gasteiger charge is -2.09. The van der Waals surface area contributed by atoms with Gasteiger partial charge in [-0.25, -0.2) is 13.8 Å². The smallest absolute Gasteiger partial charge is 0.168 e. The third-order valence-corrected chi connectivity index (χ3v) is 2.76. The van der Waals surface area contributed by atoms with Crippen LogP contribution in [0.1, 0.15) is 5.69 Å². The summed E-state index contributed by atoms with van der Waals surface area (Å²) in [6.45, 7) is 0.484. The van der Waals surface area contributed by atoms with Crippen LogP contribution < -0.4 is 10.6 Å². The van der Waals surface area contributed by atoms with E-state index < -0.39 is 11.6 Å². The molecule has 0 saturated carbocycles. The molecule has 7 heteroatoms. The van der Waals surface area contributed by atoms with Crippen molar-refractivity contribution in [2.75, 3.05) is 24.2 Å². The Kier molecular flexibility index (Phi) is 3.94. The molecule has 2 aromatic heterocycles. The number of aryl methyl sites for hydroxylation is 1. The Hall–Kier alpha value is -2.18. The van der Waals surface area contributed by atoms with Crippen LogP contribution in [0.15, 0.2) is 18.3 Å². The number of halogens is 2. The standard InChI is InChI=1S/C12H15F2N5/c1-15-11-9(13)7-10(14)12(18-11)16-5-3-8-4-6-17-19(8)2/h4,6-7H,3,5H2,1-2H3,(H2,15,16,18). The molecule has 2 heterocycles. The Morgan fingerprint density at radius 2 is 2.00 bits per heavy atom. The van der Waals surface area contributed by atoms with Crippen molar-refractivity contribution in [1.29, 1.82) is 0 Å². The number of anilines is 2. The number of aromatic nitrogens is 3. The first-order valence-electron chi connectivity index (χ1n) is 5.86. The van der Waals surface area contributed by atoms with Gasteiger partial charge in [0.25, 0.3) is 0 Å². The van der Waals surface area contributed by atoms with E-state index in [4.69, 9.17) is 0 Å². The average molecular weight is 267 g/mol. The van der Waals surface area contributed by atoms with Crippen molar-refractivity contribution in [2.24, 2.45) is 7.05 Å². The molecule has 0 aliphatic carbocycles. The summed E-state index contributed by atoms with van der Waals surface area (Å²) in [5.41, 5.74) is 1.02. The van der Waals surface area contributed by atoms with Crippen molar-refractivity contribution < 1.29 is 8.78 Å². The number of rotatable bonds is 5. The first kappa shape index (κ1) is 13.3. The maximum Gasteiger partial charge on any atom is 0.168 e. The molecular formula is C12H15F2N5. The Morgan fingerprint density at radius 1 is 1.26 bits per heavy atom. The van der Waals surface area contributed by atoms with Crippen molar-refractivity contribution in [3.05, 3.63) is 35.7 Å². The molecule has 5 nitrogen and oxygen atoms in total. The molecule has 0 saturated heterocycles. The lowest BCUT2D eigenvalue weighted by atomic mass is 10.3. The van der Waals surface area contributed by atoms with E-state index in [9.17, 15) is 8.78 Å². The maximum atomic E-state index is 13.5. The molecule has 19 heavy (non-hydrogen) atoms. The number of hydrogen-bond donors (Lipinski definition) is 2. The summed E-state index contributed by atoms with van der Waals surface area (Å²) >= 11 is 0. The van der Waals surface area contributed by atoms with E-state index in [0.29, 0.717) is 13.0 Å². The molecule has 2 N–H and O–H groups in total. The van der Waals surface area contributed by atoms with Gasteiger partial charge in [-0.1, -0.05) is 0 Å². The van der Waals surface area contributed by atoms with Gasteiger partial charge in [-0.05, 0) is 6.07 Å². The molecule has 0 aromatic carbocycles. The molecule has 2 aromatic rings. The van der Waals surface area contributed by atoms with Gasteiger partial charge in [0.1, 0.15) is 0 Å². The van der Waals surface area contributed by atoms with Crippen LogP contribution in [0.3, 0.4) is 0 Å². The van der Waals surface area contributed by atoms with Gasteiger partial charge in [0.15, 0.2) is 23.3 Å². The van der Waals surface area contributed by atoms with E-state index >= 15 is 0 Å². The van der Waals surface area contributed by atoms with Gasteiger partial charge in [-0.2, -0.15) is 5.10 Å². The zero-order valence-corrected chi connectivity index (χ0v) is 10.7. The predicted molar refractivity (Wildman–Crippen MR) is 69.1 cm³/mol. The first-order valence-corrected chi connectivity index (χ1v) is 5.86. The lowest BCUT2D eigenvalue weighted by molar-refractivity contribution is 0.578. The Labute approximate surface area is 109 Å². The zero-order valence-electron chi connectivity index (χ0n) is 10.7. The third-order valence-electron chi connectivity index (χ3n) is 2.76. The second-order valence-corrected chi connectivity index (χ2v) is 4.02. The quantitative estimate of drug-likeness (QED) is 0.867. The van der Waals surface area contributed by atoms with E-state index in [-0.39, 0.29) is 11.6 Å². The van der Waals surface area contributed by atoms with Crippen LogP contribution in [-0.4, -0.2) is 28.4 Å². The first-order chi connectivity index (χ1) is 9.11. The normalized spacial score (nSPS) is 10.5. The fourth-order valence-corrected chi connectivity index (χ4v) is 1.72. The van der Waals surface area contributed by atoms with Crippen LogP contribution in [0.4, 0.5) is 20.4 Å². The summed E-state index contributed by atoms with van der Waals surface area (Å²) in [6.07, 6.45) is 2.37. The topological polar surface area (TPSA) is 54.8 Å². The maximum absolute atomic E-state index is 13.5. The van der Waals surface area contributed by atoms with Crippen LogP contribution in [0.5, 0.6) is 0 Å². The summed E-state index contributed by atoms with van der Waals surface area (Å²) in [4.78, 5) is 3.84. The molecular weight excluding hydrogens is 252 g/mol. The number of nitrogens with one attached hydrogen (secondary N) is 2. The van der Waals surface area contributed by atoms with E-state index in [0.717, 1.165) is 11.8 Å². The van der Waals surface area contributed by atoms with Crippen molar-refractivity contribution in [3.63, 3.8) is 0 Å². The van der Waals surface area contributed by atoms with Crippen LogP contribution in [0.2, 0.25) is 0 Å². The minimum atomic E-state index is -0.711. The van der Waals surface area contributed by atoms with Gasteiger partial charge in [0.2, 0.25) is 0 Å². The second kappa shape index (κ2) is 5.64. The van der Waals surface area contributed by atoms with Crippen LogP contribution in [0, 0.1) is 11.6 Å². The fourth-order valence-electron chi connectivity index (χ4n) is 1.72. The van der Waals surface area contributed by atoms with Crippen LogP contribution in [-0.2, 0) is 13.5 Å². The van der Waals surface area contributed by atoms with Crippen molar-refractivity contribution in [2.45, 2.75) is 6.42 Å². The number of hydrogen-bond acceptors (Lipinski definition) is 4. The average Bonchev–Trinajstić information content (AvgIpc) is 2.78. The van der Waals surface area contributed by atoms with E-state index in [2.05, 4.69) is 20.7 Å². The van der Waals surface area contributed by atoms with Gasteiger partial charge in [0, 0.05) is 45.0 Å². The molecule has 0 radical (unpaired) electrons. The summed E-state index contributed by atoms with van der Waals surface area (Å²) in [5.74, 6) is -1.36. The lowest BCUT2D eigenvalue weighted by Crippen LogP contribution is -2.11. The summed E-state index contributed by atoms with van der Waals surface area (Å²) < 4.78 is 28.5. The van der Waals surface area contributed by atoms with Crippen molar-refractivity contribution in [3.8, 4) is 0 Å². The molecule has 2 rings (SSSR count). The molecule has 0 aliphatic rings. The van der Waals surface area contributed by atoms with Gasteiger partial charge in [-0.15, -0.1) is 0 Å². The Balaban J connectivity index is 2.01. The molecule has 0 fully saturated rings. The predicted octanol–water partition coefficient (Wildman–Crippen LogP) is 1.79. The zero-order chi connectivity index (χ0) is 13.8. The number of pyridine rings is 1. The van der Waals surface area contributed by atoms with Gasteiger partial charge >= 0.3 is 0 Å². The van der Waals surface area contributed by atoms with E-state index in [1.165, 1.54) is 7.05 Å². The van der Waals surface area contributed by atoms with Crippen LogP contribution in [0.25, 0.3) is 0 Å². The minimum absolute atomic E-state index is 0.0180. The highest BCUT2D eigenvalue weighted by atomic mass is 19.1. The van der Waals surface area contributed by atoms with Gasteiger partial charge in [-0.3, -0.25) is 4.68 Å². The molecule has 0 unspecified atom stereocenters. The SMILES string of the molecule is CNc1nc(NCCc2ccnn2C)c(F)cc1F. The van der Waals surface area contributed by atoms with E-state index in [1.54, 1.807) is 10.9 Å². The highest BCUT2D eigenvalue weighted by molar-refractivity contribution is 5.47. The van der Waals surface area contributed by atoms with Crippen molar-refractivity contribution >= 4 is 11.6 Å². The Morgan fingerprint density at radius 3 is 2.63 bits per heavy atom. The molecule has 102 valence electrons. The molecule has 0 bridgehead atoms. The molecule has 0 aliphatic heterocycles. The fraction of sp³-hybridized carbons (Fsp3) is 0.333. The summed E-state index contributed by atoms with van der Waals surface area (Å²) in [6, 6.07) is 2.69. The highest BCUT2D eigenvalue weighted by Gasteiger charge is 2.10. The summed E-state index contributed by atoms with van der Waals surface area (Å²) in [7, 11) is 3.37. The largest absolute Gasteiger partial charge is 0.371 e. The molecule has 0 atom stereocenters. The van der Waals surface area contributed by atoms with Crippen LogP contribution >= 0.6 is 0 Å². The van der Waals surface area contributed by atoms with Gasteiger partial charge < -0.3 is 10.6 Å². The van der Waals surface area contributed by atoms with E-state index in [1.807, 2.05) is 13.1 Å². The van der Waals surface area contributed by atoms with Crippen molar-refractivity contribution in [1.82, 2.24) is 14.8 Å². The third kappa shape index (κ3) is 2.98. The highest BCUT2D eigenvalue weighted by Crippen LogP contribution is 2.18.